The van der Waals surface area contributed by atoms with Crippen LogP contribution in [0.1, 0.15) is 15.9 Å². The highest BCUT2D eigenvalue weighted by atomic mass is 35.5. The van der Waals surface area contributed by atoms with Crippen LogP contribution in [0.5, 0.6) is 5.75 Å². The van der Waals surface area contributed by atoms with Gasteiger partial charge in [0.25, 0.3) is 5.91 Å². The molecule has 0 aliphatic carbocycles. The van der Waals surface area contributed by atoms with Crippen molar-refractivity contribution in [2.75, 3.05) is 11.1 Å². The van der Waals surface area contributed by atoms with Crippen LogP contribution in [0.3, 0.4) is 0 Å². The van der Waals surface area contributed by atoms with E-state index in [2.05, 4.69) is 10.3 Å². The molecule has 0 spiro atoms. The molecule has 19 heavy (non-hydrogen) atoms. The fourth-order valence-corrected chi connectivity index (χ4v) is 1.73. The lowest BCUT2D eigenvalue weighted by Crippen LogP contribution is -2.15. The number of aryl methyl sites for hydroxylation is 1. The quantitative estimate of drug-likeness (QED) is 0.581. The summed E-state index contributed by atoms with van der Waals surface area (Å²) in [5, 5.41) is 12.3. The number of benzene rings is 1. The van der Waals surface area contributed by atoms with Crippen LogP contribution in [-0.2, 0) is 0 Å². The van der Waals surface area contributed by atoms with E-state index in [9.17, 15) is 9.90 Å². The normalized spacial score (nSPS) is 10.2. The zero-order valence-electron chi connectivity index (χ0n) is 10.1. The molecule has 98 valence electrons. The third-order valence-corrected chi connectivity index (χ3v) is 2.74. The van der Waals surface area contributed by atoms with Crippen LogP contribution in [0, 0.1) is 6.92 Å². The number of amides is 1. The summed E-state index contributed by atoms with van der Waals surface area (Å²) in [7, 11) is 0. The van der Waals surface area contributed by atoms with Gasteiger partial charge in [-0.3, -0.25) is 4.79 Å². The molecule has 0 bridgehead atoms. The summed E-state index contributed by atoms with van der Waals surface area (Å²) >= 11 is 5.78. The third-order valence-electron chi connectivity index (χ3n) is 2.52. The number of phenolic OH excluding ortho intramolecular Hbond substituents is 1. The Morgan fingerprint density at radius 2 is 2.16 bits per heavy atom. The van der Waals surface area contributed by atoms with E-state index >= 15 is 0 Å². The van der Waals surface area contributed by atoms with Crippen LogP contribution >= 0.6 is 11.6 Å². The van der Waals surface area contributed by atoms with Gasteiger partial charge < -0.3 is 16.2 Å². The van der Waals surface area contributed by atoms with E-state index in [1.165, 1.54) is 12.1 Å². The smallest absolute Gasteiger partial charge is 0.259 e. The highest BCUT2D eigenvalue weighted by molar-refractivity contribution is 6.31. The van der Waals surface area contributed by atoms with Crippen LogP contribution < -0.4 is 11.1 Å². The molecule has 5 nitrogen and oxygen atoms in total. The molecule has 4 N–H and O–H groups in total. The maximum Gasteiger partial charge on any atom is 0.259 e. The topological polar surface area (TPSA) is 88.2 Å². The van der Waals surface area contributed by atoms with E-state index < -0.39 is 5.91 Å². The van der Waals surface area contributed by atoms with Gasteiger partial charge in [0.15, 0.2) is 0 Å². The van der Waals surface area contributed by atoms with Crippen LogP contribution in [-0.4, -0.2) is 16.0 Å². The van der Waals surface area contributed by atoms with Crippen LogP contribution in [0.15, 0.2) is 30.5 Å². The van der Waals surface area contributed by atoms with Crippen LogP contribution in [0.4, 0.5) is 11.5 Å². The lowest BCUT2D eigenvalue weighted by atomic mass is 10.1. The predicted octanol–water partition coefficient (Wildman–Crippen LogP) is 2.58. The first-order valence-electron chi connectivity index (χ1n) is 5.49. The van der Waals surface area contributed by atoms with Crippen molar-refractivity contribution >= 4 is 29.0 Å². The monoisotopic (exact) mass is 277 g/mol. The molecular weight excluding hydrogens is 266 g/mol. The number of anilines is 2. The lowest BCUT2D eigenvalue weighted by Gasteiger charge is -2.09. The number of aromatic hydroxyl groups is 1. The molecule has 0 aliphatic heterocycles. The van der Waals surface area contributed by atoms with Gasteiger partial charge in [-0.05, 0) is 24.6 Å². The van der Waals surface area contributed by atoms with E-state index in [0.29, 0.717) is 5.82 Å². The second-order valence-corrected chi connectivity index (χ2v) is 4.50. The Kier molecular flexibility index (Phi) is 3.57. The number of carbonyl (C=O) groups is 1. The number of nitrogens with two attached hydrogens (primary N) is 1. The lowest BCUT2D eigenvalue weighted by molar-refractivity contribution is 0.102. The summed E-state index contributed by atoms with van der Waals surface area (Å²) in [5.74, 6) is -0.310. The molecule has 0 fully saturated rings. The Bertz CT molecular complexity index is 627. The molecule has 1 amide bonds. The number of hydrogen-bond acceptors (Lipinski definition) is 4. The fourth-order valence-electron chi connectivity index (χ4n) is 1.52. The molecule has 6 heteroatoms. The zero-order valence-corrected chi connectivity index (χ0v) is 10.9. The molecule has 2 aromatic rings. The molecule has 1 aromatic carbocycles. The summed E-state index contributed by atoms with van der Waals surface area (Å²) in [4.78, 5) is 16.1. The minimum absolute atomic E-state index is 0.0194. The Hall–Kier alpha value is -2.27. The number of phenols is 1. The zero-order chi connectivity index (χ0) is 14.0. The second kappa shape index (κ2) is 5.16. The first kappa shape index (κ1) is 13.2. The fraction of sp³-hybridized carbons (Fsp3) is 0.0769. The molecule has 1 heterocycles. The van der Waals surface area contributed by atoms with Crippen molar-refractivity contribution in [1.82, 2.24) is 4.98 Å². The summed E-state index contributed by atoms with van der Waals surface area (Å²) in [6, 6.07) is 6.16. The standard InChI is InChI=1S/C13H12ClN3O2/c1-7-2-3-11(16-6-7)17-13(19)9-4-8(14)5-10(18)12(9)15/h2-6,18H,15H2,1H3,(H,16,17,19). The Morgan fingerprint density at radius 3 is 2.79 bits per heavy atom. The number of carbonyl (C=O) groups excluding carboxylic acids is 1. The van der Waals surface area contributed by atoms with Crippen molar-refractivity contribution in [1.29, 1.82) is 0 Å². The van der Waals surface area contributed by atoms with Crippen LogP contribution in [0.25, 0.3) is 0 Å². The van der Waals surface area contributed by atoms with Gasteiger partial charge in [-0.1, -0.05) is 17.7 Å². The van der Waals surface area contributed by atoms with E-state index in [4.69, 9.17) is 17.3 Å². The minimum Gasteiger partial charge on any atom is -0.506 e. The number of hydrogen-bond donors (Lipinski definition) is 3. The molecular formula is C13H12ClN3O2. The first-order valence-corrected chi connectivity index (χ1v) is 5.87. The largest absolute Gasteiger partial charge is 0.506 e. The van der Waals surface area contributed by atoms with Crippen molar-refractivity contribution < 1.29 is 9.90 Å². The van der Waals surface area contributed by atoms with Crippen molar-refractivity contribution in [3.05, 3.63) is 46.6 Å². The molecule has 0 radical (unpaired) electrons. The summed E-state index contributed by atoms with van der Waals surface area (Å²) in [5.41, 5.74) is 6.71. The molecule has 0 saturated carbocycles. The highest BCUT2D eigenvalue weighted by Crippen LogP contribution is 2.29. The minimum atomic E-state index is -0.480. The molecule has 1 aromatic heterocycles. The van der Waals surface area contributed by atoms with Gasteiger partial charge >= 0.3 is 0 Å². The van der Waals surface area contributed by atoms with Gasteiger partial charge in [-0.2, -0.15) is 0 Å². The van der Waals surface area contributed by atoms with Crippen molar-refractivity contribution in [3.63, 3.8) is 0 Å². The summed E-state index contributed by atoms with van der Waals surface area (Å²) < 4.78 is 0. The van der Waals surface area contributed by atoms with Gasteiger partial charge in [0, 0.05) is 17.3 Å². The maximum absolute atomic E-state index is 12.0. The Balaban J connectivity index is 2.27. The van der Waals surface area contributed by atoms with E-state index in [1.807, 2.05) is 13.0 Å². The predicted molar refractivity (Wildman–Crippen MR) is 74.5 cm³/mol. The Morgan fingerprint density at radius 1 is 1.42 bits per heavy atom. The summed E-state index contributed by atoms with van der Waals surface area (Å²) in [6.45, 7) is 1.89. The number of nitrogen functional groups attached to an aromatic ring is 1. The average Bonchev–Trinajstić information content (AvgIpc) is 2.36. The first-order chi connectivity index (χ1) is 8.97. The molecule has 0 unspecified atom stereocenters. The number of rotatable bonds is 2. The number of halogens is 1. The third kappa shape index (κ3) is 2.95. The van der Waals surface area contributed by atoms with Gasteiger partial charge in [0.1, 0.15) is 11.6 Å². The van der Waals surface area contributed by atoms with Gasteiger partial charge in [-0.25, -0.2) is 4.98 Å². The number of nitrogens with one attached hydrogen (secondary N) is 1. The van der Waals surface area contributed by atoms with Crippen molar-refractivity contribution in [2.24, 2.45) is 0 Å². The maximum atomic E-state index is 12.0. The molecule has 2 rings (SSSR count). The highest BCUT2D eigenvalue weighted by Gasteiger charge is 2.14. The van der Waals surface area contributed by atoms with Crippen molar-refractivity contribution in [3.8, 4) is 5.75 Å². The second-order valence-electron chi connectivity index (χ2n) is 4.06. The number of aromatic nitrogens is 1. The number of nitrogens with zero attached hydrogens (tertiary/aromatic N) is 1. The summed E-state index contributed by atoms with van der Waals surface area (Å²) in [6.07, 6.45) is 1.63. The van der Waals surface area contributed by atoms with Gasteiger partial charge in [-0.15, -0.1) is 0 Å². The number of pyridine rings is 1. The van der Waals surface area contributed by atoms with Gasteiger partial charge in [0.2, 0.25) is 0 Å². The molecule has 0 atom stereocenters. The van der Waals surface area contributed by atoms with E-state index in [0.717, 1.165) is 5.56 Å². The average molecular weight is 278 g/mol. The van der Waals surface area contributed by atoms with Crippen LogP contribution in [0.2, 0.25) is 5.02 Å². The van der Waals surface area contributed by atoms with E-state index in [-0.39, 0.29) is 22.0 Å². The van der Waals surface area contributed by atoms with Crippen molar-refractivity contribution in [2.45, 2.75) is 6.92 Å². The molecule has 0 aliphatic rings. The SMILES string of the molecule is Cc1ccc(NC(=O)c2cc(Cl)cc(O)c2N)nc1. The van der Waals surface area contributed by atoms with E-state index in [1.54, 1.807) is 12.3 Å². The Labute approximate surface area is 115 Å². The van der Waals surface area contributed by atoms with Gasteiger partial charge in [0.05, 0.1) is 11.3 Å². The molecule has 0 saturated heterocycles.